The third kappa shape index (κ3) is 6.63. The van der Waals surface area contributed by atoms with Crippen LogP contribution in [0.15, 0.2) is 24.3 Å². The van der Waals surface area contributed by atoms with Crippen molar-refractivity contribution in [3.05, 3.63) is 35.6 Å². The summed E-state index contributed by atoms with van der Waals surface area (Å²) in [6, 6.07) is 6.70. The Morgan fingerprint density at radius 1 is 1.42 bits per heavy atom. The van der Waals surface area contributed by atoms with Gasteiger partial charge in [-0.1, -0.05) is 18.2 Å². The van der Waals surface area contributed by atoms with Crippen LogP contribution in [0.2, 0.25) is 0 Å². The summed E-state index contributed by atoms with van der Waals surface area (Å²) in [6.45, 7) is 2.82. The van der Waals surface area contributed by atoms with Crippen LogP contribution in [0.5, 0.6) is 0 Å². The number of methoxy groups -OCH3 is 1. The van der Waals surface area contributed by atoms with E-state index in [1.165, 1.54) is 6.07 Å². The topological polar surface area (TPSA) is 44.7 Å². The number of aliphatic hydroxyl groups is 1. The lowest BCUT2D eigenvalue weighted by Gasteiger charge is -2.21. The van der Waals surface area contributed by atoms with E-state index in [1.54, 1.807) is 19.2 Å². The van der Waals surface area contributed by atoms with Gasteiger partial charge in [0.2, 0.25) is 0 Å². The van der Waals surface area contributed by atoms with Crippen LogP contribution in [0, 0.1) is 5.82 Å². The van der Waals surface area contributed by atoms with E-state index >= 15 is 0 Å². The number of hydrogen-bond acceptors (Lipinski definition) is 4. The molecule has 5 heteroatoms. The third-order valence-electron chi connectivity index (χ3n) is 2.78. The van der Waals surface area contributed by atoms with Crippen molar-refractivity contribution in [1.29, 1.82) is 0 Å². The van der Waals surface area contributed by atoms with Gasteiger partial charge >= 0.3 is 0 Å². The third-order valence-corrected chi connectivity index (χ3v) is 2.78. The molecule has 108 valence electrons. The SMILES string of the molecule is COCCNCC(O)CN(C)Cc1ccccc1F. The summed E-state index contributed by atoms with van der Waals surface area (Å²) >= 11 is 0. The molecular weight excluding hydrogens is 247 g/mol. The average molecular weight is 270 g/mol. The van der Waals surface area contributed by atoms with Crippen LogP contribution in [0.4, 0.5) is 4.39 Å². The molecular formula is C14H23FN2O2. The number of benzene rings is 1. The number of aliphatic hydroxyl groups excluding tert-OH is 1. The van der Waals surface area contributed by atoms with Gasteiger partial charge in [0.05, 0.1) is 12.7 Å². The lowest BCUT2D eigenvalue weighted by molar-refractivity contribution is 0.117. The molecule has 2 N–H and O–H groups in total. The predicted octanol–water partition coefficient (Wildman–Crippen LogP) is 0.854. The van der Waals surface area contributed by atoms with Gasteiger partial charge < -0.3 is 15.2 Å². The van der Waals surface area contributed by atoms with Crippen molar-refractivity contribution in [3.63, 3.8) is 0 Å². The fourth-order valence-corrected chi connectivity index (χ4v) is 1.85. The number of likely N-dealkylation sites (N-methyl/N-ethyl adjacent to an activating group) is 1. The van der Waals surface area contributed by atoms with Crippen molar-refractivity contribution in [2.75, 3.05) is 40.4 Å². The molecule has 0 saturated carbocycles. The molecule has 0 aliphatic rings. The fourth-order valence-electron chi connectivity index (χ4n) is 1.85. The molecule has 0 aromatic heterocycles. The Kier molecular flexibility index (Phi) is 7.59. The number of ether oxygens (including phenoxy) is 1. The molecule has 0 fully saturated rings. The molecule has 0 aliphatic heterocycles. The first-order valence-corrected chi connectivity index (χ1v) is 6.43. The minimum absolute atomic E-state index is 0.206. The normalized spacial score (nSPS) is 12.9. The van der Waals surface area contributed by atoms with Gasteiger partial charge in [0.1, 0.15) is 5.82 Å². The van der Waals surface area contributed by atoms with E-state index in [4.69, 9.17) is 4.74 Å². The molecule has 0 radical (unpaired) electrons. The Morgan fingerprint density at radius 2 is 2.16 bits per heavy atom. The minimum Gasteiger partial charge on any atom is -0.390 e. The van der Waals surface area contributed by atoms with Crippen molar-refractivity contribution in [1.82, 2.24) is 10.2 Å². The van der Waals surface area contributed by atoms with Crippen molar-refractivity contribution in [2.24, 2.45) is 0 Å². The first-order chi connectivity index (χ1) is 9.13. The number of nitrogens with zero attached hydrogens (tertiary/aromatic N) is 1. The van der Waals surface area contributed by atoms with E-state index in [0.717, 1.165) is 0 Å². The summed E-state index contributed by atoms with van der Waals surface area (Å²) in [5.74, 6) is -0.206. The highest BCUT2D eigenvalue weighted by molar-refractivity contribution is 5.16. The maximum atomic E-state index is 13.5. The van der Waals surface area contributed by atoms with Crippen LogP contribution < -0.4 is 5.32 Å². The number of nitrogens with one attached hydrogen (secondary N) is 1. The lowest BCUT2D eigenvalue weighted by atomic mass is 10.2. The monoisotopic (exact) mass is 270 g/mol. The van der Waals surface area contributed by atoms with Gasteiger partial charge in [0.15, 0.2) is 0 Å². The van der Waals surface area contributed by atoms with E-state index in [2.05, 4.69) is 5.32 Å². The minimum atomic E-state index is -0.478. The largest absolute Gasteiger partial charge is 0.390 e. The molecule has 1 atom stereocenters. The molecule has 19 heavy (non-hydrogen) atoms. The van der Waals surface area contributed by atoms with E-state index in [9.17, 15) is 9.50 Å². The van der Waals surface area contributed by atoms with Crippen molar-refractivity contribution in [3.8, 4) is 0 Å². The molecule has 0 saturated heterocycles. The highest BCUT2D eigenvalue weighted by atomic mass is 19.1. The van der Waals surface area contributed by atoms with Crippen LogP contribution in [0.25, 0.3) is 0 Å². The Morgan fingerprint density at radius 3 is 2.84 bits per heavy atom. The zero-order valence-electron chi connectivity index (χ0n) is 11.6. The van der Waals surface area contributed by atoms with E-state index < -0.39 is 6.10 Å². The predicted molar refractivity (Wildman–Crippen MR) is 73.5 cm³/mol. The van der Waals surface area contributed by atoms with Gasteiger partial charge in [-0.3, -0.25) is 4.90 Å². The number of hydrogen-bond donors (Lipinski definition) is 2. The Balaban J connectivity index is 2.26. The number of rotatable bonds is 9. The highest BCUT2D eigenvalue weighted by Crippen LogP contribution is 2.08. The standard InChI is InChI=1S/C14H23FN2O2/c1-17(10-12-5-3-4-6-14(12)15)11-13(18)9-16-7-8-19-2/h3-6,13,16,18H,7-11H2,1-2H3. The molecule has 1 aromatic rings. The summed E-state index contributed by atoms with van der Waals surface area (Å²) in [6.07, 6.45) is -0.478. The van der Waals surface area contributed by atoms with Crippen molar-refractivity contribution in [2.45, 2.75) is 12.6 Å². The molecule has 0 aliphatic carbocycles. The zero-order valence-corrected chi connectivity index (χ0v) is 11.6. The molecule has 1 rings (SSSR count). The second-order valence-corrected chi connectivity index (χ2v) is 4.64. The Labute approximate surface area is 114 Å². The lowest BCUT2D eigenvalue weighted by Crippen LogP contribution is -2.37. The van der Waals surface area contributed by atoms with Crippen LogP contribution in [-0.4, -0.2) is 56.5 Å². The molecule has 0 spiro atoms. The van der Waals surface area contributed by atoms with Crippen molar-refractivity contribution >= 4 is 0 Å². The van der Waals surface area contributed by atoms with E-state index in [0.29, 0.717) is 38.3 Å². The maximum absolute atomic E-state index is 13.5. The molecule has 1 aromatic carbocycles. The van der Waals surface area contributed by atoms with E-state index in [1.807, 2.05) is 18.0 Å². The second kappa shape index (κ2) is 8.98. The van der Waals surface area contributed by atoms with Crippen LogP contribution in [-0.2, 0) is 11.3 Å². The van der Waals surface area contributed by atoms with Gasteiger partial charge in [0.25, 0.3) is 0 Å². The average Bonchev–Trinajstić information content (AvgIpc) is 2.37. The maximum Gasteiger partial charge on any atom is 0.127 e. The Hall–Kier alpha value is -1.01. The van der Waals surface area contributed by atoms with Crippen molar-refractivity contribution < 1.29 is 14.2 Å². The summed E-state index contributed by atoms with van der Waals surface area (Å²) in [5, 5.41) is 12.9. The van der Waals surface area contributed by atoms with Crippen LogP contribution in [0.1, 0.15) is 5.56 Å². The summed E-state index contributed by atoms with van der Waals surface area (Å²) in [4.78, 5) is 1.90. The molecule has 4 nitrogen and oxygen atoms in total. The van der Waals surface area contributed by atoms with Gasteiger partial charge in [-0.2, -0.15) is 0 Å². The van der Waals surface area contributed by atoms with Crippen LogP contribution >= 0.6 is 0 Å². The molecule has 0 bridgehead atoms. The summed E-state index contributed by atoms with van der Waals surface area (Å²) < 4.78 is 18.4. The van der Waals surface area contributed by atoms with Gasteiger partial charge in [0, 0.05) is 38.9 Å². The summed E-state index contributed by atoms with van der Waals surface area (Å²) in [5.41, 5.74) is 0.643. The molecule has 1 unspecified atom stereocenters. The fraction of sp³-hybridized carbons (Fsp3) is 0.571. The van der Waals surface area contributed by atoms with Gasteiger partial charge in [-0.25, -0.2) is 4.39 Å². The zero-order chi connectivity index (χ0) is 14.1. The first-order valence-electron chi connectivity index (χ1n) is 6.43. The van der Waals surface area contributed by atoms with Gasteiger partial charge in [-0.05, 0) is 13.1 Å². The highest BCUT2D eigenvalue weighted by Gasteiger charge is 2.10. The smallest absolute Gasteiger partial charge is 0.127 e. The van der Waals surface area contributed by atoms with Crippen LogP contribution in [0.3, 0.4) is 0 Å². The van der Waals surface area contributed by atoms with E-state index in [-0.39, 0.29) is 5.82 Å². The molecule has 0 heterocycles. The second-order valence-electron chi connectivity index (χ2n) is 4.64. The Bertz CT molecular complexity index is 363. The summed E-state index contributed by atoms with van der Waals surface area (Å²) in [7, 11) is 3.51. The van der Waals surface area contributed by atoms with Gasteiger partial charge in [-0.15, -0.1) is 0 Å². The number of halogens is 1. The quantitative estimate of drug-likeness (QED) is 0.653. The first kappa shape index (κ1) is 16.0. The molecule has 0 amide bonds.